The molecule has 2 N–H and O–H groups in total. The highest BCUT2D eigenvalue weighted by Crippen LogP contribution is 2.45. The predicted octanol–water partition coefficient (Wildman–Crippen LogP) is 2.37. The number of aromatic amines is 2. The van der Waals surface area contributed by atoms with Crippen LogP contribution < -0.4 is 5.56 Å². The predicted molar refractivity (Wildman–Crippen MR) is 107 cm³/mol. The first-order valence-electron chi connectivity index (χ1n) is 11.1. The van der Waals surface area contributed by atoms with E-state index in [0.717, 1.165) is 99.1 Å². The molecule has 1 aliphatic heterocycles. The molecule has 2 aromatic heterocycles. The van der Waals surface area contributed by atoms with Gasteiger partial charge in [-0.2, -0.15) is 5.10 Å². The van der Waals surface area contributed by atoms with Gasteiger partial charge in [0.25, 0.3) is 11.5 Å². The van der Waals surface area contributed by atoms with Gasteiger partial charge in [-0.05, 0) is 64.2 Å². The molecule has 1 saturated heterocycles. The summed E-state index contributed by atoms with van der Waals surface area (Å²) >= 11 is 0. The van der Waals surface area contributed by atoms with Gasteiger partial charge >= 0.3 is 0 Å². The molecule has 29 heavy (non-hydrogen) atoms. The van der Waals surface area contributed by atoms with Crippen LogP contribution in [0.4, 0.5) is 0 Å². The van der Waals surface area contributed by atoms with E-state index >= 15 is 0 Å². The number of H-pyrrole nitrogens is 2. The van der Waals surface area contributed by atoms with Crippen LogP contribution in [0.2, 0.25) is 0 Å². The third kappa shape index (κ3) is 2.69. The summed E-state index contributed by atoms with van der Waals surface area (Å²) in [4.78, 5) is 36.0. The summed E-state index contributed by atoms with van der Waals surface area (Å²) in [7, 11) is 0. The number of amides is 1. The number of fused-ring (bicyclic) bond motifs is 3. The van der Waals surface area contributed by atoms with Crippen molar-refractivity contribution in [2.75, 3.05) is 13.1 Å². The molecule has 7 heteroatoms. The molecular weight excluding hydrogens is 366 g/mol. The average Bonchev–Trinajstić information content (AvgIpc) is 3.42. The summed E-state index contributed by atoms with van der Waals surface area (Å²) in [5.41, 5.74) is 4.58. The van der Waals surface area contributed by atoms with E-state index in [-0.39, 0.29) is 16.9 Å². The van der Waals surface area contributed by atoms with Crippen LogP contribution in [-0.2, 0) is 24.7 Å². The molecule has 4 aliphatic rings. The lowest BCUT2D eigenvalue weighted by Crippen LogP contribution is -2.48. The molecule has 3 aliphatic carbocycles. The van der Waals surface area contributed by atoms with E-state index in [1.54, 1.807) is 0 Å². The van der Waals surface area contributed by atoms with Crippen LogP contribution in [0.3, 0.4) is 0 Å². The van der Waals surface area contributed by atoms with Gasteiger partial charge in [0.15, 0.2) is 5.69 Å². The largest absolute Gasteiger partial charge is 0.336 e. The third-order valence-electron chi connectivity index (χ3n) is 7.48. The lowest BCUT2D eigenvalue weighted by molar-refractivity contribution is 0.0626. The normalized spacial score (nSPS) is 25.9. The van der Waals surface area contributed by atoms with Gasteiger partial charge < -0.3 is 9.88 Å². The number of likely N-dealkylation sites (tertiary alicyclic amines) is 1. The Bertz CT molecular complexity index is 1050. The van der Waals surface area contributed by atoms with Crippen LogP contribution in [0.15, 0.2) is 4.79 Å². The number of nitrogens with zero attached hydrogens (tertiary/aromatic N) is 3. The van der Waals surface area contributed by atoms with E-state index in [4.69, 9.17) is 4.98 Å². The Balaban J connectivity index is 1.33. The van der Waals surface area contributed by atoms with E-state index in [1.165, 1.54) is 0 Å². The van der Waals surface area contributed by atoms with Crippen molar-refractivity contribution in [1.29, 1.82) is 0 Å². The highest BCUT2D eigenvalue weighted by atomic mass is 16.2. The third-order valence-corrected chi connectivity index (χ3v) is 7.48. The van der Waals surface area contributed by atoms with Crippen molar-refractivity contribution < 1.29 is 4.79 Å². The molecule has 6 rings (SSSR count). The topological polar surface area (TPSA) is 94.7 Å². The molecule has 2 aromatic rings. The monoisotopic (exact) mass is 393 g/mol. The maximum atomic E-state index is 13.4. The Hall–Kier alpha value is -2.44. The maximum Gasteiger partial charge on any atom is 0.274 e. The maximum absolute atomic E-state index is 13.4. The number of piperidine rings is 1. The van der Waals surface area contributed by atoms with Gasteiger partial charge in [-0.25, -0.2) is 4.98 Å². The van der Waals surface area contributed by atoms with Gasteiger partial charge in [-0.1, -0.05) is 0 Å². The molecule has 0 bridgehead atoms. The van der Waals surface area contributed by atoms with Gasteiger partial charge in [0.2, 0.25) is 0 Å². The number of aryl methyl sites for hydroxylation is 1. The van der Waals surface area contributed by atoms with Crippen LogP contribution in [0.25, 0.3) is 0 Å². The Morgan fingerprint density at radius 3 is 2.79 bits per heavy atom. The number of carbonyl (C=O) groups excluding carboxylic acids is 1. The second-order valence-corrected chi connectivity index (χ2v) is 9.40. The molecule has 3 heterocycles. The minimum Gasteiger partial charge on any atom is -0.336 e. The quantitative estimate of drug-likeness (QED) is 0.819. The Kier molecular flexibility index (Phi) is 3.77. The highest BCUT2D eigenvalue weighted by Gasteiger charge is 2.46. The first kappa shape index (κ1) is 17.4. The SMILES string of the molecule is O=C(c1n[nH]c2c1CCCC2)N1CCCC2(CCc3c2nc(C2CC2)[nH]c3=O)C1. The number of hydrogen-bond acceptors (Lipinski definition) is 4. The summed E-state index contributed by atoms with van der Waals surface area (Å²) in [6, 6.07) is 0. The number of aromatic nitrogens is 4. The zero-order valence-corrected chi connectivity index (χ0v) is 16.7. The minimum absolute atomic E-state index is 0.0404. The van der Waals surface area contributed by atoms with E-state index in [1.807, 2.05) is 4.90 Å². The van der Waals surface area contributed by atoms with Gasteiger partial charge in [-0.3, -0.25) is 14.7 Å². The molecule has 0 radical (unpaired) electrons. The summed E-state index contributed by atoms with van der Waals surface area (Å²) in [6.45, 7) is 1.41. The van der Waals surface area contributed by atoms with E-state index in [9.17, 15) is 9.59 Å². The molecular formula is C22H27N5O2. The van der Waals surface area contributed by atoms with Crippen molar-refractivity contribution in [3.8, 4) is 0 Å². The lowest BCUT2D eigenvalue weighted by atomic mass is 9.77. The van der Waals surface area contributed by atoms with Crippen LogP contribution in [-0.4, -0.2) is 44.1 Å². The number of hydrogen-bond donors (Lipinski definition) is 2. The molecule has 0 aromatic carbocycles. The summed E-state index contributed by atoms with van der Waals surface area (Å²) in [5.74, 6) is 1.33. The van der Waals surface area contributed by atoms with Crippen molar-refractivity contribution in [2.45, 2.75) is 75.5 Å². The Morgan fingerprint density at radius 1 is 1.07 bits per heavy atom. The van der Waals surface area contributed by atoms with E-state index in [2.05, 4.69) is 15.2 Å². The average molecular weight is 393 g/mol. The molecule has 1 spiro atoms. The standard InChI is InChI=1S/C22H27N5O2/c28-20-15-8-10-22(18(15)23-19(24-20)13-6-7-13)9-3-11-27(12-22)21(29)17-14-4-1-2-5-16(14)25-26-17/h13H,1-12H2,(H,25,26)(H,23,24,28). The number of nitrogens with one attached hydrogen (secondary N) is 2. The van der Waals surface area contributed by atoms with Crippen LogP contribution in [0.1, 0.15) is 89.7 Å². The van der Waals surface area contributed by atoms with Crippen molar-refractivity contribution in [3.63, 3.8) is 0 Å². The van der Waals surface area contributed by atoms with Crippen LogP contribution in [0, 0.1) is 0 Å². The van der Waals surface area contributed by atoms with Crippen LogP contribution in [0.5, 0.6) is 0 Å². The van der Waals surface area contributed by atoms with Crippen molar-refractivity contribution >= 4 is 5.91 Å². The molecule has 1 saturated carbocycles. The van der Waals surface area contributed by atoms with Gasteiger partial charge in [0, 0.05) is 41.2 Å². The van der Waals surface area contributed by atoms with Gasteiger partial charge in [-0.15, -0.1) is 0 Å². The first-order chi connectivity index (χ1) is 14.1. The summed E-state index contributed by atoms with van der Waals surface area (Å²) in [5, 5.41) is 7.51. The zero-order chi connectivity index (χ0) is 19.6. The minimum atomic E-state index is -0.169. The second kappa shape index (κ2) is 6.28. The molecule has 2 fully saturated rings. The number of carbonyl (C=O) groups is 1. The van der Waals surface area contributed by atoms with Crippen molar-refractivity contribution in [2.24, 2.45) is 0 Å². The second-order valence-electron chi connectivity index (χ2n) is 9.40. The summed E-state index contributed by atoms with van der Waals surface area (Å²) < 4.78 is 0. The fourth-order valence-corrected chi connectivity index (χ4v) is 5.73. The van der Waals surface area contributed by atoms with E-state index in [0.29, 0.717) is 18.2 Å². The molecule has 1 amide bonds. The molecule has 1 atom stereocenters. The fourth-order valence-electron chi connectivity index (χ4n) is 5.73. The Morgan fingerprint density at radius 2 is 1.93 bits per heavy atom. The van der Waals surface area contributed by atoms with E-state index < -0.39 is 0 Å². The van der Waals surface area contributed by atoms with Gasteiger partial charge in [0.1, 0.15) is 5.82 Å². The zero-order valence-electron chi connectivity index (χ0n) is 16.7. The molecule has 7 nitrogen and oxygen atoms in total. The smallest absolute Gasteiger partial charge is 0.274 e. The van der Waals surface area contributed by atoms with Crippen molar-refractivity contribution in [1.82, 2.24) is 25.1 Å². The van der Waals surface area contributed by atoms with Gasteiger partial charge in [0.05, 0.1) is 5.69 Å². The van der Waals surface area contributed by atoms with Crippen LogP contribution >= 0.6 is 0 Å². The molecule has 1 unspecified atom stereocenters. The van der Waals surface area contributed by atoms with Crippen molar-refractivity contribution in [3.05, 3.63) is 44.4 Å². The highest BCUT2D eigenvalue weighted by molar-refractivity contribution is 5.94. The first-order valence-corrected chi connectivity index (χ1v) is 11.1. The summed E-state index contributed by atoms with van der Waals surface area (Å²) in [6.07, 6.45) is 10.1. The number of rotatable bonds is 2. The Labute approximate surface area is 169 Å². The molecule has 152 valence electrons. The lowest BCUT2D eigenvalue weighted by Gasteiger charge is -2.40. The fraction of sp³-hybridized carbons (Fsp3) is 0.636.